The summed E-state index contributed by atoms with van der Waals surface area (Å²) >= 11 is 0. The molecule has 1 N–H and O–H groups in total. The van der Waals surface area contributed by atoms with Crippen LogP contribution in [0.25, 0.3) is 10.9 Å². The van der Waals surface area contributed by atoms with Crippen molar-refractivity contribution in [3.05, 3.63) is 107 Å². The van der Waals surface area contributed by atoms with Gasteiger partial charge in [-0.1, -0.05) is 43.3 Å². The molecule has 1 aromatic heterocycles. The van der Waals surface area contributed by atoms with E-state index in [1.807, 2.05) is 66.2 Å². The van der Waals surface area contributed by atoms with Crippen molar-refractivity contribution < 1.29 is 13.6 Å². The zero-order valence-electron chi connectivity index (χ0n) is 16.6. The molecule has 0 spiro atoms. The molecule has 0 radical (unpaired) electrons. The Labute approximate surface area is 174 Å². The van der Waals surface area contributed by atoms with Gasteiger partial charge < -0.3 is 9.88 Å². The summed E-state index contributed by atoms with van der Waals surface area (Å²) in [6.07, 6.45) is 2.63. The van der Waals surface area contributed by atoms with E-state index in [9.17, 15) is 13.6 Å². The maximum absolute atomic E-state index is 14.0. The van der Waals surface area contributed by atoms with Gasteiger partial charge in [-0.3, -0.25) is 4.79 Å². The van der Waals surface area contributed by atoms with E-state index in [-0.39, 0.29) is 18.5 Å². The Hall–Kier alpha value is -3.47. The van der Waals surface area contributed by atoms with Crippen molar-refractivity contribution in [2.24, 2.45) is 0 Å². The molecule has 1 heterocycles. The fourth-order valence-electron chi connectivity index (χ4n) is 3.66. The topological polar surface area (TPSA) is 34.0 Å². The first-order valence-electron chi connectivity index (χ1n) is 9.94. The molecule has 1 amide bonds. The second kappa shape index (κ2) is 8.49. The van der Waals surface area contributed by atoms with Gasteiger partial charge in [0.2, 0.25) is 0 Å². The highest BCUT2D eigenvalue weighted by Gasteiger charge is 2.15. The molecule has 5 heteroatoms. The highest BCUT2D eigenvalue weighted by Crippen LogP contribution is 2.22. The van der Waals surface area contributed by atoms with Gasteiger partial charge in [-0.25, -0.2) is 8.78 Å². The third-order valence-electron chi connectivity index (χ3n) is 5.30. The van der Waals surface area contributed by atoms with Crippen LogP contribution < -0.4 is 5.32 Å². The van der Waals surface area contributed by atoms with Crippen molar-refractivity contribution in [1.29, 1.82) is 0 Å². The number of rotatable bonds is 6. The third-order valence-corrected chi connectivity index (χ3v) is 5.30. The van der Waals surface area contributed by atoms with Crippen LogP contribution in [-0.2, 0) is 6.54 Å². The van der Waals surface area contributed by atoms with Gasteiger partial charge in [0.1, 0.15) is 11.6 Å². The molecular formula is C25H22F2N2O. The highest BCUT2D eigenvalue weighted by atomic mass is 19.1. The fraction of sp³-hybridized carbons (Fsp3) is 0.160. The minimum Gasteiger partial charge on any atom is -0.345 e. The molecule has 0 saturated carbocycles. The van der Waals surface area contributed by atoms with Gasteiger partial charge in [-0.05, 0) is 42.3 Å². The Morgan fingerprint density at radius 1 is 1.00 bits per heavy atom. The van der Waals surface area contributed by atoms with Gasteiger partial charge in [0.15, 0.2) is 0 Å². The maximum Gasteiger partial charge on any atom is 0.251 e. The zero-order valence-corrected chi connectivity index (χ0v) is 16.6. The maximum atomic E-state index is 14.0. The van der Waals surface area contributed by atoms with E-state index >= 15 is 0 Å². The quantitative estimate of drug-likeness (QED) is 0.430. The van der Waals surface area contributed by atoms with Crippen molar-refractivity contribution in [2.45, 2.75) is 25.9 Å². The summed E-state index contributed by atoms with van der Waals surface area (Å²) in [5.74, 6) is -1.30. The molecule has 3 aromatic carbocycles. The summed E-state index contributed by atoms with van der Waals surface area (Å²) in [5.41, 5.74) is 2.93. The van der Waals surface area contributed by atoms with Crippen LogP contribution in [-0.4, -0.2) is 10.5 Å². The number of halogens is 2. The van der Waals surface area contributed by atoms with Crippen LogP contribution >= 0.6 is 0 Å². The lowest BCUT2D eigenvalue weighted by Gasteiger charge is -2.17. The molecule has 3 nitrogen and oxygen atoms in total. The van der Waals surface area contributed by atoms with Gasteiger partial charge in [0, 0.05) is 34.3 Å². The molecule has 4 aromatic rings. The van der Waals surface area contributed by atoms with Gasteiger partial charge in [0.05, 0.1) is 12.6 Å². The van der Waals surface area contributed by atoms with Gasteiger partial charge in [0.25, 0.3) is 5.91 Å². The second-order valence-electron chi connectivity index (χ2n) is 7.30. The number of nitrogens with one attached hydrogen (secondary N) is 1. The number of benzene rings is 3. The standard InChI is InChI=1S/C25H22F2N2O/c1-2-23(17-6-4-3-5-7-17)28-25(30)19-9-11-24-18(14-19)12-13-29(24)16-20-8-10-21(26)15-22(20)27/h3-15,23H,2,16H2,1H3,(H,28,30). The predicted molar refractivity (Wildman–Crippen MR) is 114 cm³/mol. The Morgan fingerprint density at radius 3 is 2.53 bits per heavy atom. The predicted octanol–water partition coefficient (Wildman–Crippen LogP) is 5.85. The van der Waals surface area contributed by atoms with E-state index in [4.69, 9.17) is 0 Å². The Morgan fingerprint density at radius 2 is 1.80 bits per heavy atom. The van der Waals surface area contributed by atoms with E-state index in [0.29, 0.717) is 11.1 Å². The molecule has 0 fully saturated rings. The van der Waals surface area contributed by atoms with Crippen molar-refractivity contribution in [3.63, 3.8) is 0 Å². The number of hydrogen-bond acceptors (Lipinski definition) is 1. The number of carbonyl (C=O) groups excluding carboxylic acids is 1. The average molecular weight is 404 g/mol. The van der Waals surface area contributed by atoms with E-state index in [0.717, 1.165) is 29.0 Å². The molecule has 1 atom stereocenters. The first-order chi connectivity index (χ1) is 14.5. The van der Waals surface area contributed by atoms with Crippen LogP contribution in [0.3, 0.4) is 0 Å². The van der Waals surface area contributed by atoms with Crippen LogP contribution in [0.1, 0.15) is 40.9 Å². The van der Waals surface area contributed by atoms with E-state index in [1.54, 1.807) is 6.07 Å². The van der Waals surface area contributed by atoms with Crippen molar-refractivity contribution in [2.75, 3.05) is 0 Å². The third kappa shape index (κ3) is 4.10. The van der Waals surface area contributed by atoms with Crippen molar-refractivity contribution >= 4 is 16.8 Å². The smallest absolute Gasteiger partial charge is 0.251 e. The average Bonchev–Trinajstić information content (AvgIpc) is 3.16. The molecule has 0 aliphatic heterocycles. The number of fused-ring (bicyclic) bond motifs is 1. The lowest BCUT2D eigenvalue weighted by molar-refractivity contribution is 0.0935. The van der Waals surface area contributed by atoms with Crippen molar-refractivity contribution in [1.82, 2.24) is 9.88 Å². The molecule has 4 rings (SSSR count). The molecule has 152 valence electrons. The van der Waals surface area contributed by atoms with E-state index < -0.39 is 11.6 Å². The SMILES string of the molecule is CCC(NC(=O)c1ccc2c(ccn2Cc2ccc(F)cc2F)c1)c1ccccc1. The molecule has 0 bridgehead atoms. The summed E-state index contributed by atoms with van der Waals surface area (Å²) in [6.45, 7) is 2.32. The summed E-state index contributed by atoms with van der Waals surface area (Å²) in [6, 6.07) is 20.8. The first-order valence-corrected chi connectivity index (χ1v) is 9.94. The molecule has 0 saturated heterocycles. The summed E-state index contributed by atoms with van der Waals surface area (Å²) in [7, 11) is 0. The van der Waals surface area contributed by atoms with Crippen molar-refractivity contribution in [3.8, 4) is 0 Å². The fourth-order valence-corrected chi connectivity index (χ4v) is 3.66. The highest BCUT2D eigenvalue weighted by molar-refractivity contribution is 5.98. The largest absolute Gasteiger partial charge is 0.345 e. The lowest BCUT2D eigenvalue weighted by atomic mass is 10.0. The molecule has 1 unspecified atom stereocenters. The Balaban J connectivity index is 1.55. The summed E-state index contributed by atoms with van der Waals surface area (Å²) in [5, 5.41) is 3.98. The van der Waals surface area contributed by atoms with Gasteiger partial charge in [-0.2, -0.15) is 0 Å². The minimum atomic E-state index is -0.592. The van der Waals surface area contributed by atoms with Gasteiger partial charge in [-0.15, -0.1) is 0 Å². The minimum absolute atomic E-state index is 0.0551. The van der Waals surface area contributed by atoms with Crippen LogP contribution in [0.2, 0.25) is 0 Å². The number of hydrogen-bond donors (Lipinski definition) is 1. The molecular weight excluding hydrogens is 382 g/mol. The van der Waals surface area contributed by atoms with Crippen LogP contribution in [0.4, 0.5) is 8.78 Å². The van der Waals surface area contributed by atoms with Gasteiger partial charge >= 0.3 is 0 Å². The summed E-state index contributed by atoms with van der Waals surface area (Å²) in [4.78, 5) is 12.8. The van der Waals surface area contributed by atoms with Crippen LogP contribution in [0.5, 0.6) is 0 Å². The summed E-state index contributed by atoms with van der Waals surface area (Å²) < 4.78 is 29.0. The second-order valence-corrected chi connectivity index (χ2v) is 7.30. The Bertz CT molecular complexity index is 1180. The number of nitrogens with zero attached hydrogens (tertiary/aromatic N) is 1. The molecule has 30 heavy (non-hydrogen) atoms. The first kappa shape index (κ1) is 19.8. The Kier molecular flexibility index (Phi) is 5.61. The normalized spacial score (nSPS) is 12.1. The van der Waals surface area contributed by atoms with Crippen LogP contribution in [0, 0.1) is 11.6 Å². The number of aromatic nitrogens is 1. The number of carbonyl (C=O) groups is 1. The molecule has 0 aliphatic rings. The lowest BCUT2D eigenvalue weighted by Crippen LogP contribution is -2.28. The monoisotopic (exact) mass is 404 g/mol. The van der Waals surface area contributed by atoms with Crippen LogP contribution in [0.15, 0.2) is 79.0 Å². The van der Waals surface area contributed by atoms with E-state index in [1.165, 1.54) is 12.1 Å². The molecule has 0 aliphatic carbocycles. The van der Waals surface area contributed by atoms with E-state index in [2.05, 4.69) is 5.32 Å². The zero-order chi connectivity index (χ0) is 21.1. The number of amides is 1.